The van der Waals surface area contributed by atoms with E-state index in [4.69, 9.17) is 14.2 Å². The third-order valence-corrected chi connectivity index (χ3v) is 11.3. The molecule has 66 heavy (non-hydrogen) atoms. The monoisotopic (exact) mass is 917 g/mol. The molecule has 0 aliphatic rings. The van der Waals surface area contributed by atoms with Gasteiger partial charge in [-0.1, -0.05) is 208 Å². The first-order valence-corrected chi connectivity index (χ1v) is 27.2. The molecule has 1 unspecified atom stereocenters. The smallest absolute Gasteiger partial charge is 0.306 e. The standard InChI is InChI=1S/C60H100O6/c1-4-7-10-13-16-19-22-25-28-30-33-35-38-41-44-47-50-53-59(62)65-56-57(55-64-58(61)52-49-46-43-40-37-34-31-27-24-21-18-15-12-9-6-3)66-60(63)54-51-48-45-42-39-36-32-29-26-23-20-17-14-11-8-5-2/h7,9-10,12,16,18-19,21,25,27-29,31-32,37,40,57H,4-6,8,11,13-15,17,20,22-24,26,30,33-36,38-39,41-56H2,1-3H3/b10-7-,12-9-,19-16-,21-18-,28-25-,31-27-,32-29-,40-37-. The molecule has 0 rings (SSSR count). The van der Waals surface area contributed by atoms with Crippen LogP contribution >= 0.6 is 0 Å². The molecule has 0 radical (unpaired) electrons. The summed E-state index contributed by atoms with van der Waals surface area (Å²) in [5.74, 6) is -0.960. The molecule has 376 valence electrons. The van der Waals surface area contributed by atoms with E-state index in [0.29, 0.717) is 19.3 Å². The van der Waals surface area contributed by atoms with Crippen molar-refractivity contribution in [3.8, 4) is 0 Å². The Morgan fingerprint density at radius 3 is 0.970 bits per heavy atom. The van der Waals surface area contributed by atoms with Crippen molar-refractivity contribution in [2.45, 2.75) is 252 Å². The van der Waals surface area contributed by atoms with Crippen LogP contribution < -0.4 is 0 Å². The van der Waals surface area contributed by atoms with Crippen LogP contribution in [0.1, 0.15) is 245 Å². The first-order valence-electron chi connectivity index (χ1n) is 27.2. The van der Waals surface area contributed by atoms with Crippen molar-refractivity contribution in [3.05, 3.63) is 97.2 Å². The molecule has 0 saturated heterocycles. The highest BCUT2D eigenvalue weighted by molar-refractivity contribution is 5.71. The number of ether oxygens (including phenoxy) is 3. The van der Waals surface area contributed by atoms with Gasteiger partial charge in [-0.05, 0) is 116 Å². The molecule has 0 aromatic rings. The summed E-state index contributed by atoms with van der Waals surface area (Å²) in [5.41, 5.74) is 0. The van der Waals surface area contributed by atoms with Crippen molar-refractivity contribution in [1.29, 1.82) is 0 Å². The molecule has 0 N–H and O–H groups in total. The van der Waals surface area contributed by atoms with Crippen LogP contribution in [-0.4, -0.2) is 37.2 Å². The molecule has 0 bridgehead atoms. The molecule has 0 aliphatic heterocycles. The van der Waals surface area contributed by atoms with Gasteiger partial charge in [-0.15, -0.1) is 0 Å². The largest absolute Gasteiger partial charge is 0.462 e. The topological polar surface area (TPSA) is 78.9 Å². The van der Waals surface area contributed by atoms with Gasteiger partial charge in [0, 0.05) is 19.3 Å². The number of rotatable bonds is 48. The average molecular weight is 917 g/mol. The van der Waals surface area contributed by atoms with Crippen molar-refractivity contribution < 1.29 is 28.6 Å². The number of hydrogen-bond acceptors (Lipinski definition) is 6. The summed E-state index contributed by atoms with van der Waals surface area (Å²) in [6.45, 7) is 6.36. The van der Waals surface area contributed by atoms with E-state index in [1.165, 1.54) is 83.5 Å². The van der Waals surface area contributed by atoms with E-state index >= 15 is 0 Å². The second-order valence-corrected chi connectivity index (χ2v) is 17.7. The molecule has 0 fully saturated rings. The lowest BCUT2D eigenvalue weighted by molar-refractivity contribution is -0.167. The van der Waals surface area contributed by atoms with Gasteiger partial charge in [-0.2, -0.15) is 0 Å². The SMILES string of the molecule is CC/C=C\C/C=C\C/C=C\C/C=C\CCCCC(=O)OCC(COC(=O)CCCCCCCCC/C=C\C/C=C\C/C=C\CC)OC(=O)CCCCCCC/C=C\CCCCCCCCC. The van der Waals surface area contributed by atoms with Gasteiger partial charge >= 0.3 is 17.9 Å². The maximum atomic E-state index is 12.8. The van der Waals surface area contributed by atoms with Crippen molar-refractivity contribution in [2.75, 3.05) is 13.2 Å². The minimum Gasteiger partial charge on any atom is -0.462 e. The van der Waals surface area contributed by atoms with Gasteiger partial charge in [0.1, 0.15) is 13.2 Å². The van der Waals surface area contributed by atoms with Crippen LogP contribution in [-0.2, 0) is 28.6 Å². The van der Waals surface area contributed by atoms with Crippen LogP contribution in [0.2, 0.25) is 0 Å². The first kappa shape index (κ1) is 62.3. The number of hydrogen-bond donors (Lipinski definition) is 0. The van der Waals surface area contributed by atoms with E-state index in [-0.39, 0.29) is 31.1 Å². The Morgan fingerprint density at radius 2 is 0.591 bits per heavy atom. The van der Waals surface area contributed by atoms with Crippen LogP contribution in [0.5, 0.6) is 0 Å². The summed E-state index contributed by atoms with van der Waals surface area (Å²) in [5, 5.41) is 0. The number of carbonyl (C=O) groups excluding carboxylic acids is 3. The molecule has 0 heterocycles. The van der Waals surface area contributed by atoms with Crippen molar-refractivity contribution >= 4 is 17.9 Å². The Hall–Kier alpha value is -3.67. The molecule has 6 heteroatoms. The summed E-state index contributed by atoms with van der Waals surface area (Å²) >= 11 is 0. The van der Waals surface area contributed by atoms with E-state index in [1.54, 1.807) is 0 Å². The Morgan fingerprint density at radius 1 is 0.318 bits per heavy atom. The van der Waals surface area contributed by atoms with E-state index < -0.39 is 6.10 Å². The second-order valence-electron chi connectivity index (χ2n) is 17.7. The predicted molar refractivity (Wildman–Crippen MR) is 284 cm³/mol. The number of unbranched alkanes of at least 4 members (excludes halogenated alkanes) is 21. The highest BCUT2D eigenvalue weighted by Crippen LogP contribution is 2.14. The normalized spacial score (nSPS) is 12.8. The van der Waals surface area contributed by atoms with E-state index in [9.17, 15) is 14.4 Å². The fourth-order valence-corrected chi connectivity index (χ4v) is 7.27. The van der Waals surface area contributed by atoms with Gasteiger partial charge in [-0.3, -0.25) is 14.4 Å². The summed E-state index contributed by atoms with van der Waals surface area (Å²) in [7, 11) is 0. The van der Waals surface area contributed by atoms with Crippen LogP contribution in [0.15, 0.2) is 97.2 Å². The Bertz CT molecular complexity index is 1330. The van der Waals surface area contributed by atoms with Gasteiger partial charge in [0.05, 0.1) is 0 Å². The van der Waals surface area contributed by atoms with Gasteiger partial charge in [0.2, 0.25) is 0 Å². The number of esters is 3. The summed E-state index contributed by atoms with van der Waals surface area (Å²) in [6.07, 6.45) is 71.1. The van der Waals surface area contributed by atoms with Gasteiger partial charge in [0.15, 0.2) is 6.10 Å². The Labute approximate surface area is 407 Å². The minimum atomic E-state index is -0.804. The fraction of sp³-hybridized carbons (Fsp3) is 0.683. The summed E-state index contributed by atoms with van der Waals surface area (Å²) < 4.78 is 16.8. The average Bonchev–Trinajstić information content (AvgIpc) is 3.31. The molecule has 1 atom stereocenters. The van der Waals surface area contributed by atoms with E-state index in [2.05, 4.69) is 118 Å². The highest BCUT2D eigenvalue weighted by Gasteiger charge is 2.19. The third-order valence-electron chi connectivity index (χ3n) is 11.3. The number of carbonyl (C=O) groups is 3. The Balaban J connectivity index is 4.48. The Kier molecular flexibility index (Phi) is 50.9. The predicted octanol–water partition coefficient (Wildman–Crippen LogP) is 18.1. The molecule has 0 spiro atoms. The molecule has 6 nitrogen and oxygen atoms in total. The molecule has 0 aliphatic carbocycles. The third kappa shape index (κ3) is 51.3. The van der Waals surface area contributed by atoms with E-state index in [1.807, 2.05) is 0 Å². The molecule has 0 aromatic carbocycles. The first-order chi connectivity index (χ1) is 32.5. The van der Waals surface area contributed by atoms with Crippen LogP contribution in [0, 0.1) is 0 Å². The molecular weight excluding hydrogens is 817 g/mol. The molecule has 0 saturated carbocycles. The van der Waals surface area contributed by atoms with Gasteiger partial charge in [-0.25, -0.2) is 0 Å². The molecular formula is C60H100O6. The van der Waals surface area contributed by atoms with Crippen LogP contribution in [0.3, 0.4) is 0 Å². The van der Waals surface area contributed by atoms with Crippen LogP contribution in [0.4, 0.5) is 0 Å². The lowest BCUT2D eigenvalue weighted by atomic mass is 10.1. The van der Waals surface area contributed by atoms with Crippen molar-refractivity contribution in [2.24, 2.45) is 0 Å². The maximum Gasteiger partial charge on any atom is 0.306 e. The lowest BCUT2D eigenvalue weighted by Gasteiger charge is -2.18. The van der Waals surface area contributed by atoms with Crippen molar-refractivity contribution in [3.63, 3.8) is 0 Å². The summed E-state index contributed by atoms with van der Waals surface area (Å²) in [6, 6.07) is 0. The summed E-state index contributed by atoms with van der Waals surface area (Å²) in [4.78, 5) is 38.1. The van der Waals surface area contributed by atoms with Crippen molar-refractivity contribution in [1.82, 2.24) is 0 Å². The highest BCUT2D eigenvalue weighted by atomic mass is 16.6. The zero-order valence-electron chi connectivity index (χ0n) is 42.9. The second kappa shape index (κ2) is 53.9. The zero-order valence-corrected chi connectivity index (χ0v) is 42.9. The van der Waals surface area contributed by atoms with Crippen LogP contribution in [0.25, 0.3) is 0 Å². The zero-order chi connectivity index (χ0) is 47.9. The lowest BCUT2D eigenvalue weighted by Crippen LogP contribution is -2.30. The molecule has 0 amide bonds. The quantitative estimate of drug-likeness (QED) is 0.0262. The van der Waals surface area contributed by atoms with Gasteiger partial charge in [0.25, 0.3) is 0 Å². The number of allylic oxidation sites excluding steroid dienone is 16. The maximum absolute atomic E-state index is 12.8. The minimum absolute atomic E-state index is 0.100. The molecule has 0 aromatic heterocycles. The van der Waals surface area contributed by atoms with E-state index in [0.717, 1.165) is 122 Å². The van der Waals surface area contributed by atoms with Gasteiger partial charge < -0.3 is 14.2 Å². The fourth-order valence-electron chi connectivity index (χ4n) is 7.27.